The molecule has 60 heavy (non-hydrogen) atoms. The van der Waals surface area contributed by atoms with Gasteiger partial charge in [-0.25, -0.2) is 29.9 Å². The zero-order chi connectivity index (χ0) is 39.6. The van der Waals surface area contributed by atoms with Crippen LogP contribution in [0.25, 0.3) is 123 Å². The van der Waals surface area contributed by atoms with Crippen molar-refractivity contribution in [2.45, 2.75) is 0 Å². The lowest BCUT2D eigenvalue weighted by Crippen LogP contribution is -2.03. The van der Waals surface area contributed by atoms with Crippen LogP contribution in [0.5, 0.6) is 0 Å². The Morgan fingerprint density at radius 3 is 1.12 bits per heavy atom. The largest absolute Gasteiger partial charge is 0.255 e. The van der Waals surface area contributed by atoms with E-state index in [9.17, 15) is 0 Å². The van der Waals surface area contributed by atoms with Crippen LogP contribution in [0.2, 0.25) is 0 Å². The molecule has 0 aliphatic carbocycles. The fourth-order valence-electron chi connectivity index (χ4n) is 8.21. The average Bonchev–Trinajstić information content (AvgIpc) is 3.33. The Hall–Kier alpha value is -8.50. The maximum atomic E-state index is 5.23. The molecule has 0 aliphatic rings. The van der Waals surface area contributed by atoms with Crippen molar-refractivity contribution >= 4 is 54.1 Å². The Morgan fingerprint density at radius 2 is 0.650 bits per heavy atom. The van der Waals surface area contributed by atoms with Crippen LogP contribution >= 0.6 is 0 Å². The van der Waals surface area contributed by atoms with Crippen molar-refractivity contribution < 1.29 is 0 Å². The normalized spacial score (nSPS) is 11.7. The second-order valence-corrected chi connectivity index (χ2v) is 14.5. The van der Waals surface area contributed by atoms with Gasteiger partial charge in [0, 0.05) is 57.8 Å². The smallest absolute Gasteiger partial charge is 0.182 e. The predicted molar refractivity (Wildman–Crippen MR) is 236 cm³/mol. The van der Waals surface area contributed by atoms with Gasteiger partial charge in [0.15, 0.2) is 34.9 Å². The lowest BCUT2D eigenvalue weighted by molar-refractivity contribution is 1.05. The second-order valence-electron chi connectivity index (χ2n) is 14.5. The van der Waals surface area contributed by atoms with E-state index in [-0.39, 0.29) is 0 Å². The van der Waals surface area contributed by atoms with E-state index in [1.54, 1.807) is 24.8 Å². The fourth-order valence-corrected chi connectivity index (χ4v) is 8.21. The van der Waals surface area contributed by atoms with E-state index in [2.05, 4.69) is 58.5 Å². The number of benzene rings is 6. The van der Waals surface area contributed by atoms with Crippen molar-refractivity contribution in [1.82, 2.24) is 49.8 Å². The van der Waals surface area contributed by atoms with Gasteiger partial charge in [-0.1, -0.05) is 84.9 Å². The van der Waals surface area contributed by atoms with Crippen molar-refractivity contribution in [3.05, 3.63) is 170 Å². The molecule has 0 fully saturated rings. The zero-order valence-electron chi connectivity index (χ0n) is 31.6. The van der Waals surface area contributed by atoms with E-state index < -0.39 is 0 Å². The van der Waals surface area contributed by atoms with Crippen LogP contribution in [-0.2, 0) is 0 Å². The first-order valence-corrected chi connectivity index (χ1v) is 19.5. The van der Waals surface area contributed by atoms with E-state index in [1.165, 1.54) is 0 Å². The summed E-state index contributed by atoms with van der Waals surface area (Å²) in [5.74, 6) is 3.08. The van der Waals surface area contributed by atoms with Crippen LogP contribution < -0.4 is 0 Å². The molecule has 0 spiro atoms. The summed E-state index contributed by atoms with van der Waals surface area (Å²) >= 11 is 0. The summed E-state index contributed by atoms with van der Waals surface area (Å²) in [4.78, 5) is 49.1. The first kappa shape index (κ1) is 33.6. The molecule has 0 unspecified atom stereocenters. The molecule has 0 saturated carbocycles. The van der Waals surface area contributed by atoms with E-state index >= 15 is 0 Å². The van der Waals surface area contributed by atoms with Crippen molar-refractivity contribution in [1.29, 1.82) is 0 Å². The Bertz CT molecular complexity index is 3450. The first-order chi connectivity index (χ1) is 29.7. The van der Waals surface area contributed by atoms with Gasteiger partial charge in [-0.2, -0.15) is 0 Å². The number of nitrogens with zero attached hydrogens (tertiary/aromatic N) is 10. The van der Waals surface area contributed by atoms with E-state index in [4.69, 9.17) is 39.9 Å². The van der Waals surface area contributed by atoms with Crippen LogP contribution in [0.1, 0.15) is 0 Å². The van der Waals surface area contributed by atoms with Gasteiger partial charge in [-0.15, -0.1) is 0 Å². The predicted octanol–water partition coefficient (Wildman–Crippen LogP) is 10.8. The lowest BCUT2D eigenvalue weighted by atomic mass is 9.89. The molecule has 6 heterocycles. The van der Waals surface area contributed by atoms with Crippen molar-refractivity contribution in [2.24, 2.45) is 0 Å². The van der Waals surface area contributed by atoms with Crippen LogP contribution in [0.3, 0.4) is 0 Å². The highest BCUT2D eigenvalue weighted by molar-refractivity contribution is 6.27. The van der Waals surface area contributed by atoms with Crippen LogP contribution in [0.4, 0.5) is 0 Å². The van der Waals surface area contributed by atoms with E-state index in [0.717, 1.165) is 76.4 Å². The summed E-state index contributed by atoms with van der Waals surface area (Å²) in [6.07, 6.45) is 7.08. The number of aromatic nitrogens is 10. The molecule has 6 aromatic carbocycles. The third kappa shape index (κ3) is 5.50. The minimum absolute atomic E-state index is 0.471. The molecule has 278 valence electrons. The summed E-state index contributed by atoms with van der Waals surface area (Å²) in [6.45, 7) is 0. The molecule has 0 bridgehead atoms. The van der Waals surface area contributed by atoms with Gasteiger partial charge in [-0.05, 0) is 93.0 Å². The Morgan fingerprint density at radius 1 is 0.250 bits per heavy atom. The van der Waals surface area contributed by atoms with Crippen LogP contribution in [0.15, 0.2) is 170 Å². The third-order valence-corrected chi connectivity index (χ3v) is 11.0. The Labute approximate surface area is 341 Å². The summed E-state index contributed by atoms with van der Waals surface area (Å²) in [5.41, 5.74) is 6.32. The molecule has 0 saturated heterocycles. The summed E-state index contributed by atoms with van der Waals surface area (Å²) in [7, 11) is 0. The van der Waals surface area contributed by atoms with Crippen LogP contribution in [-0.4, -0.2) is 49.8 Å². The average molecular weight is 769 g/mol. The minimum Gasteiger partial charge on any atom is -0.255 e. The van der Waals surface area contributed by atoms with Gasteiger partial charge < -0.3 is 0 Å². The number of hydrogen-bond donors (Lipinski definition) is 0. The van der Waals surface area contributed by atoms with Gasteiger partial charge in [-0.3, -0.25) is 19.9 Å². The molecule has 0 aliphatic heterocycles. The molecule has 0 atom stereocenters. The number of rotatable bonds is 6. The fraction of sp³-hybridized carbons (Fsp3) is 0. The third-order valence-electron chi connectivity index (χ3n) is 11.0. The molecule has 0 N–H and O–H groups in total. The van der Waals surface area contributed by atoms with E-state index in [1.807, 2.05) is 97.1 Å². The van der Waals surface area contributed by atoms with Crippen molar-refractivity contribution in [3.8, 4) is 68.6 Å². The molecular weight excluding hydrogens is 741 g/mol. The van der Waals surface area contributed by atoms with Gasteiger partial charge in [0.05, 0.1) is 11.0 Å². The summed E-state index contributed by atoms with van der Waals surface area (Å²) in [6, 6.07) is 48.7. The maximum absolute atomic E-state index is 5.23. The van der Waals surface area contributed by atoms with Gasteiger partial charge in [0.25, 0.3) is 0 Å². The highest BCUT2D eigenvalue weighted by atomic mass is 15.1. The van der Waals surface area contributed by atoms with Crippen LogP contribution in [0, 0.1) is 0 Å². The van der Waals surface area contributed by atoms with Gasteiger partial charge >= 0.3 is 0 Å². The molecule has 12 rings (SSSR count). The number of hydrogen-bond acceptors (Lipinski definition) is 10. The zero-order valence-corrected chi connectivity index (χ0v) is 31.6. The molecule has 12 aromatic rings. The van der Waals surface area contributed by atoms with Gasteiger partial charge in [0.2, 0.25) is 0 Å². The topological polar surface area (TPSA) is 129 Å². The SMILES string of the molecule is c1ccc(-c2nc(-c3ccccn3)nc(-c3ccc4ccc5c(-c6nc(-c7cccc8cccnc78)nc(-c7cccc8cccnc78)n6)ccc6ccc3c4c65)n2)nc1. The standard InChI is InChI=1S/C50H28N10/c1-3-25-51-39(15-1)49-58-46(59-50(60-49)40-16-2-4-26-52-40)36-24-20-30-17-21-33-35(23-19-29-18-22-34(36)42(30)41(29)33)45-55-47(37-13-5-9-31-11-7-27-53-43(31)37)57-48(56-45)38-14-6-10-32-12-8-28-54-44(32)38/h1-28H. The highest BCUT2D eigenvalue weighted by Gasteiger charge is 2.22. The first-order valence-electron chi connectivity index (χ1n) is 19.5. The van der Waals surface area contributed by atoms with Crippen molar-refractivity contribution in [2.75, 3.05) is 0 Å². The van der Waals surface area contributed by atoms with Gasteiger partial charge in [0.1, 0.15) is 11.4 Å². The minimum atomic E-state index is 0.471. The monoisotopic (exact) mass is 768 g/mol. The molecule has 10 nitrogen and oxygen atoms in total. The molecule has 0 radical (unpaired) electrons. The Kier molecular flexibility index (Phi) is 7.60. The van der Waals surface area contributed by atoms with Crippen molar-refractivity contribution in [3.63, 3.8) is 0 Å². The second kappa shape index (κ2) is 13.6. The van der Waals surface area contributed by atoms with E-state index in [0.29, 0.717) is 46.3 Å². The number of pyridine rings is 4. The lowest BCUT2D eigenvalue weighted by Gasteiger charge is -2.16. The summed E-state index contributed by atoms with van der Waals surface area (Å²) < 4.78 is 0. The number of fused-ring (bicyclic) bond motifs is 2. The molecule has 6 aromatic heterocycles. The summed E-state index contributed by atoms with van der Waals surface area (Å²) in [5, 5.41) is 8.39. The molecule has 10 heteroatoms. The highest BCUT2D eigenvalue weighted by Crippen LogP contribution is 2.42. The number of para-hydroxylation sites is 2. The quantitative estimate of drug-likeness (QED) is 0.151. The molecular formula is C50H28N10. The maximum Gasteiger partial charge on any atom is 0.182 e. The Balaban J connectivity index is 1.10. The molecule has 0 amide bonds.